The number of amides is 2. The Labute approximate surface area is 196 Å². The fourth-order valence-corrected chi connectivity index (χ4v) is 5.17. The number of hydrogen-bond acceptors (Lipinski definition) is 8. The second-order valence-corrected chi connectivity index (χ2v) is 10.4. The summed E-state index contributed by atoms with van der Waals surface area (Å²) in [5.74, 6) is -0.853. The molecule has 3 rings (SSSR count). The number of carbonyl (C=O) groups excluding carboxylic acids is 3. The van der Waals surface area contributed by atoms with Crippen LogP contribution in [0.4, 0.5) is 0 Å². The van der Waals surface area contributed by atoms with E-state index in [0.29, 0.717) is 16.5 Å². The Hall–Kier alpha value is -2.20. The number of nitrogens with zero attached hydrogens (tertiary/aromatic N) is 2. The van der Waals surface area contributed by atoms with Crippen LogP contribution in [0.1, 0.15) is 57.7 Å². The van der Waals surface area contributed by atoms with E-state index in [1.54, 1.807) is 13.0 Å². The van der Waals surface area contributed by atoms with E-state index < -0.39 is 23.7 Å². The highest BCUT2D eigenvalue weighted by Gasteiger charge is 2.41. The molecule has 0 saturated carbocycles. The molecule has 2 N–H and O–H groups in total. The zero-order chi connectivity index (χ0) is 23.3. The molecule has 3 atom stereocenters. The normalized spacial score (nSPS) is 27.3. The van der Waals surface area contributed by atoms with E-state index in [9.17, 15) is 14.4 Å². The summed E-state index contributed by atoms with van der Waals surface area (Å²) >= 11 is 2.89. The molecule has 2 aliphatic heterocycles. The molecule has 1 unspecified atom stereocenters. The molecule has 0 fully saturated rings. The van der Waals surface area contributed by atoms with Crippen molar-refractivity contribution in [3.63, 3.8) is 0 Å². The summed E-state index contributed by atoms with van der Waals surface area (Å²) in [5.41, 5.74) is -0.295. The van der Waals surface area contributed by atoms with Crippen LogP contribution in [-0.2, 0) is 25.7 Å². The molecule has 8 nitrogen and oxygen atoms in total. The Bertz CT molecular complexity index is 927. The second kappa shape index (κ2) is 10.6. The summed E-state index contributed by atoms with van der Waals surface area (Å²) in [5, 5.41) is 9.01. The lowest BCUT2D eigenvalue weighted by Gasteiger charge is -2.27. The van der Waals surface area contributed by atoms with E-state index in [2.05, 4.69) is 20.6 Å². The van der Waals surface area contributed by atoms with Gasteiger partial charge >= 0.3 is 5.97 Å². The van der Waals surface area contributed by atoms with Crippen LogP contribution in [0, 0.1) is 5.92 Å². The highest BCUT2D eigenvalue weighted by atomic mass is 32.2. The molecule has 0 spiro atoms. The zero-order valence-corrected chi connectivity index (χ0v) is 20.5. The van der Waals surface area contributed by atoms with Gasteiger partial charge in [0.2, 0.25) is 11.8 Å². The van der Waals surface area contributed by atoms with Crippen LogP contribution in [0.15, 0.2) is 22.5 Å². The van der Waals surface area contributed by atoms with Crippen molar-refractivity contribution in [2.45, 2.75) is 71.2 Å². The van der Waals surface area contributed by atoms with Crippen LogP contribution < -0.4 is 10.6 Å². The molecule has 2 aliphatic rings. The molecule has 1 aromatic heterocycles. The standard InChI is InChI=1S/C22H30N4O4S2/c1-5-6-7-8-14-9-16(27)23-10-17-24-15(11-31-17)19-26-22(4,12-32-19)21(29)25-18(13(2)3)20(28)30-14/h7-8,11,13-14,18H,5-6,9-10,12H2,1-4H3,(H,23,27)(H,25,29)/b8-7+/t14-,18?,22+/m1/s1. The van der Waals surface area contributed by atoms with Gasteiger partial charge < -0.3 is 15.4 Å². The van der Waals surface area contributed by atoms with Gasteiger partial charge in [-0.15, -0.1) is 23.1 Å². The van der Waals surface area contributed by atoms with Crippen molar-refractivity contribution in [3.8, 4) is 0 Å². The SMILES string of the molecule is CCC/C=C/[C@@H]1CC(=O)NCc2nc(cs2)C2=N[C@@](C)(CS2)C(=O)NC(C(C)C)C(=O)O1. The van der Waals surface area contributed by atoms with Gasteiger partial charge in [-0.3, -0.25) is 14.6 Å². The minimum absolute atomic E-state index is 0.00320. The maximum Gasteiger partial charge on any atom is 0.329 e. The predicted octanol–water partition coefficient (Wildman–Crippen LogP) is 2.82. The monoisotopic (exact) mass is 478 g/mol. The van der Waals surface area contributed by atoms with Crippen molar-refractivity contribution in [3.05, 3.63) is 28.2 Å². The summed E-state index contributed by atoms with van der Waals surface area (Å²) in [6.45, 7) is 7.78. The quantitative estimate of drug-likeness (QED) is 0.509. The molecule has 0 aliphatic carbocycles. The third-order valence-corrected chi connectivity index (χ3v) is 7.33. The van der Waals surface area contributed by atoms with E-state index in [1.165, 1.54) is 23.1 Å². The topological polar surface area (TPSA) is 110 Å². The number of thiazole rings is 1. The molecule has 32 heavy (non-hydrogen) atoms. The highest BCUT2D eigenvalue weighted by molar-refractivity contribution is 8.14. The van der Waals surface area contributed by atoms with Crippen LogP contribution in [0.5, 0.6) is 0 Å². The van der Waals surface area contributed by atoms with Gasteiger partial charge in [-0.2, -0.15) is 0 Å². The summed E-state index contributed by atoms with van der Waals surface area (Å²) < 4.78 is 5.68. The van der Waals surface area contributed by atoms with Crippen LogP contribution in [0.3, 0.4) is 0 Å². The number of nitrogens with one attached hydrogen (secondary N) is 2. The average molecular weight is 479 g/mol. The van der Waals surface area contributed by atoms with Gasteiger partial charge in [0.1, 0.15) is 33.4 Å². The fourth-order valence-electron chi connectivity index (χ4n) is 3.25. The largest absolute Gasteiger partial charge is 0.456 e. The molecule has 10 heteroatoms. The first-order valence-corrected chi connectivity index (χ1v) is 12.7. The third kappa shape index (κ3) is 5.98. The van der Waals surface area contributed by atoms with Gasteiger partial charge in [-0.1, -0.05) is 33.3 Å². The first-order chi connectivity index (χ1) is 15.2. The van der Waals surface area contributed by atoms with E-state index in [1.807, 2.05) is 32.2 Å². The van der Waals surface area contributed by atoms with Gasteiger partial charge in [-0.25, -0.2) is 9.78 Å². The van der Waals surface area contributed by atoms with Gasteiger partial charge in [0.05, 0.1) is 13.0 Å². The number of esters is 1. The molecule has 3 heterocycles. The van der Waals surface area contributed by atoms with Crippen LogP contribution in [0.25, 0.3) is 0 Å². The maximum atomic E-state index is 13.1. The average Bonchev–Trinajstić information content (AvgIpc) is 3.37. The number of aliphatic imine (C=N–C) groups is 1. The number of carbonyl (C=O) groups is 3. The smallest absolute Gasteiger partial charge is 0.329 e. The molecule has 2 amide bonds. The first-order valence-electron chi connectivity index (χ1n) is 10.8. The number of allylic oxidation sites excluding steroid dienone is 1. The minimum atomic E-state index is -0.997. The number of ether oxygens (including phenoxy) is 1. The van der Waals surface area contributed by atoms with Crippen molar-refractivity contribution in [1.82, 2.24) is 15.6 Å². The lowest BCUT2D eigenvalue weighted by molar-refractivity contribution is -0.153. The number of hydrogen-bond donors (Lipinski definition) is 2. The van der Waals surface area contributed by atoms with E-state index in [-0.39, 0.29) is 30.7 Å². The van der Waals surface area contributed by atoms with Crippen molar-refractivity contribution < 1.29 is 19.1 Å². The number of unbranched alkanes of at least 4 members (excludes halogenated alkanes) is 1. The van der Waals surface area contributed by atoms with Crippen molar-refractivity contribution in [1.29, 1.82) is 0 Å². The van der Waals surface area contributed by atoms with E-state index in [0.717, 1.165) is 17.8 Å². The number of thioether (sulfide) groups is 1. The Morgan fingerprint density at radius 2 is 2.12 bits per heavy atom. The Morgan fingerprint density at radius 3 is 2.84 bits per heavy atom. The molecule has 0 saturated heterocycles. The summed E-state index contributed by atoms with van der Waals surface area (Å²) in [7, 11) is 0. The van der Waals surface area contributed by atoms with E-state index >= 15 is 0 Å². The molecule has 174 valence electrons. The van der Waals surface area contributed by atoms with Gasteiger partial charge in [0.15, 0.2) is 0 Å². The molecule has 1 aromatic rings. The summed E-state index contributed by atoms with van der Waals surface area (Å²) in [6, 6.07) is -0.840. The van der Waals surface area contributed by atoms with E-state index in [4.69, 9.17) is 4.74 Å². The molecule has 0 radical (unpaired) electrons. The number of fused-ring (bicyclic) bond motifs is 4. The number of aromatic nitrogens is 1. The molecular formula is C22H30N4O4S2. The van der Waals surface area contributed by atoms with Crippen LogP contribution in [0.2, 0.25) is 0 Å². The lowest BCUT2D eigenvalue weighted by Crippen LogP contribution is -2.53. The molecular weight excluding hydrogens is 448 g/mol. The maximum absolute atomic E-state index is 13.1. The fraction of sp³-hybridized carbons (Fsp3) is 0.591. The van der Waals surface area contributed by atoms with Crippen molar-refractivity contribution in [2.75, 3.05) is 5.75 Å². The second-order valence-electron chi connectivity index (χ2n) is 8.47. The van der Waals surface area contributed by atoms with Crippen LogP contribution >= 0.6 is 23.1 Å². The minimum Gasteiger partial charge on any atom is -0.456 e. The van der Waals surface area contributed by atoms with Crippen molar-refractivity contribution in [2.24, 2.45) is 10.9 Å². The van der Waals surface area contributed by atoms with Gasteiger partial charge in [0, 0.05) is 11.1 Å². The summed E-state index contributed by atoms with van der Waals surface area (Å²) in [6.07, 6.45) is 4.71. The van der Waals surface area contributed by atoms with Gasteiger partial charge in [0.25, 0.3) is 0 Å². The number of rotatable bonds is 4. The lowest BCUT2D eigenvalue weighted by atomic mass is 10.0. The van der Waals surface area contributed by atoms with Crippen molar-refractivity contribution >= 4 is 45.9 Å². The van der Waals surface area contributed by atoms with Crippen LogP contribution in [-0.4, -0.2) is 51.2 Å². The summed E-state index contributed by atoms with van der Waals surface area (Å²) in [4.78, 5) is 47.8. The molecule has 4 bridgehead atoms. The zero-order valence-electron chi connectivity index (χ0n) is 18.8. The Balaban J connectivity index is 1.92. The number of cyclic esters (lactones) is 1. The first kappa shape index (κ1) is 24.4. The highest BCUT2D eigenvalue weighted by Crippen LogP contribution is 2.32. The van der Waals surface area contributed by atoms with Gasteiger partial charge in [-0.05, 0) is 25.3 Å². The Morgan fingerprint density at radius 1 is 1.34 bits per heavy atom. The Kier molecular flexibility index (Phi) is 8.10. The third-order valence-electron chi connectivity index (χ3n) is 5.20. The molecule has 0 aromatic carbocycles. The predicted molar refractivity (Wildman–Crippen MR) is 127 cm³/mol.